The van der Waals surface area contributed by atoms with Crippen molar-refractivity contribution in [2.24, 2.45) is 0 Å². The van der Waals surface area contributed by atoms with Crippen molar-refractivity contribution < 1.29 is 19.1 Å². The molecule has 2 heterocycles. The van der Waals surface area contributed by atoms with Gasteiger partial charge in [-0.2, -0.15) is 4.79 Å². The summed E-state index contributed by atoms with van der Waals surface area (Å²) in [5.74, 6) is -0.829. The molecule has 98 valence electrons. The molecular weight excluding hydrogens is 254 g/mol. The van der Waals surface area contributed by atoms with Crippen molar-refractivity contribution in [3.05, 3.63) is 5.53 Å². The molecule has 18 heavy (non-hydrogen) atoms. The molecule has 0 aromatic carbocycles. The van der Waals surface area contributed by atoms with E-state index in [9.17, 15) is 4.79 Å². The Hall–Kier alpha value is -1.14. The lowest BCUT2D eigenvalue weighted by atomic mass is 10.3. The second kappa shape index (κ2) is 4.85. The average molecular weight is 269 g/mol. The van der Waals surface area contributed by atoms with Crippen molar-refractivity contribution in [3.8, 4) is 0 Å². The van der Waals surface area contributed by atoms with Crippen molar-refractivity contribution in [2.75, 3.05) is 13.1 Å². The molecule has 2 atom stereocenters. The summed E-state index contributed by atoms with van der Waals surface area (Å²) in [7, 11) is 0. The van der Waals surface area contributed by atoms with Crippen molar-refractivity contribution in [1.29, 1.82) is 0 Å². The van der Waals surface area contributed by atoms with Crippen molar-refractivity contribution in [1.82, 2.24) is 4.90 Å². The first-order valence-corrected chi connectivity index (χ1v) is 6.18. The third-order valence-corrected chi connectivity index (χ3v) is 3.46. The van der Waals surface area contributed by atoms with E-state index in [-0.39, 0.29) is 24.4 Å². The van der Waals surface area contributed by atoms with Crippen LogP contribution >= 0.6 is 12.2 Å². The van der Waals surface area contributed by atoms with E-state index in [1.54, 1.807) is 0 Å². The van der Waals surface area contributed by atoms with Crippen LogP contribution in [0.1, 0.15) is 20.3 Å². The van der Waals surface area contributed by atoms with Crippen molar-refractivity contribution >= 4 is 29.2 Å². The van der Waals surface area contributed by atoms with Gasteiger partial charge in [-0.15, -0.1) is 0 Å². The fraction of sp³-hybridized carbons (Fsp3) is 0.727. The molecule has 0 unspecified atom stereocenters. The fourth-order valence-electron chi connectivity index (χ4n) is 2.24. The quantitative estimate of drug-likeness (QED) is 0.320. The van der Waals surface area contributed by atoms with Gasteiger partial charge in [0.2, 0.25) is 5.78 Å². The highest BCUT2D eigenvalue weighted by atomic mass is 32.1. The van der Waals surface area contributed by atoms with Crippen LogP contribution in [-0.2, 0) is 14.3 Å². The number of likely N-dealkylation sites (tertiary alicyclic amines) is 1. The summed E-state index contributed by atoms with van der Waals surface area (Å²) >= 11 is 5.32. The lowest BCUT2D eigenvalue weighted by molar-refractivity contribution is -0.146. The van der Waals surface area contributed by atoms with Gasteiger partial charge in [0.25, 0.3) is 0 Å². The summed E-state index contributed by atoms with van der Waals surface area (Å²) in [6.45, 7) is 4.85. The van der Waals surface area contributed by atoms with E-state index < -0.39 is 5.79 Å². The predicted octanol–water partition coefficient (Wildman–Crippen LogP) is 0.409. The Balaban J connectivity index is 1.90. The normalized spacial score (nSPS) is 29.0. The second-order valence-corrected chi connectivity index (χ2v) is 5.26. The summed E-state index contributed by atoms with van der Waals surface area (Å²) in [5.41, 5.74) is 8.24. The number of Topliss-reactive ketones (excluding diaryl/α,β-unsaturated/α-hetero) is 1. The molecule has 0 aliphatic carbocycles. The topological polar surface area (TPSA) is 75.2 Å². The van der Waals surface area contributed by atoms with E-state index in [4.69, 9.17) is 27.2 Å². The number of carbonyl (C=O) groups is 1. The lowest BCUT2D eigenvalue weighted by Crippen LogP contribution is -2.34. The number of nitrogens with zero attached hydrogens (tertiary/aromatic N) is 3. The van der Waals surface area contributed by atoms with Crippen LogP contribution in [0, 0.1) is 0 Å². The van der Waals surface area contributed by atoms with Gasteiger partial charge >= 0.3 is 6.21 Å². The largest absolute Gasteiger partial charge is 0.361 e. The minimum Gasteiger partial charge on any atom is -0.361 e. The van der Waals surface area contributed by atoms with Crippen molar-refractivity contribution in [2.45, 2.75) is 38.3 Å². The van der Waals surface area contributed by atoms with Gasteiger partial charge in [0.15, 0.2) is 5.79 Å². The molecular formula is C11H15N3O3S. The first-order chi connectivity index (χ1) is 8.43. The maximum Gasteiger partial charge on any atom is 0.323 e. The number of hydrogen-bond donors (Lipinski definition) is 0. The summed E-state index contributed by atoms with van der Waals surface area (Å²) in [6.07, 6.45) is 0.897. The predicted molar refractivity (Wildman–Crippen MR) is 67.3 cm³/mol. The van der Waals surface area contributed by atoms with Gasteiger partial charge in [-0.05, 0) is 13.8 Å². The van der Waals surface area contributed by atoms with E-state index in [0.717, 1.165) is 6.21 Å². The molecule has 0 saturated carbocycles. The molecule has 2 fully saturated rings. The van der Waals surface area contributed by atoms with Gasteiger partial charge in [-0.25, -0.2) is 0 Å². The Morgan fingerprint density at radius 3 is 3.00 bits per heavy atom. The molecule has 0 bridgehead atoms. The van der Waals surface area contributed by atoms with Crippen LogP contribution in [0.5, 0.6) is 0 Å². The molecule has 0 amide bonds. The monoisotopic (exact) mass is 269 g/mol. The molecule has 0 aromatic heterocycles. The van der Waals surface area contributed by atoms with Crippen LogP contribution in [0.15, 0.2) is 0 Å². The minimum absolute atomic E-state index is 0.0610. The summed E-state index contributed by atoms with van der Waals surface area (Å²) in [4.78, 5) is 16.5. The Labute approximate surface area is 110 Å². The standard InChI is InChI=1S/C11H15N3O3S/c1-11(2)16-8-6-14(10(18)9(8)17-11)4-3-7(15)5-13-12/h5,8-9H,3-4,6H2,1-2H3/t8-,9-/m1/s1. The molecule has 7 heteroatoms. The van der Waals surface area contributed by atoms with Crippen LogP contribution < -0.4 is 0 Å². The van der Waals surface area contributed by atoms with E-state index in [1.807, 2.05) is 18.7 Å². The maximum atomic E-state index is 11.2. The third kappa shape index (κ3) is 2.64. The molecule has 0 radical (unpaired) electrons. The number of hydrogen-bond acceptors (Lipinski definition) is 4. The van der Waals surface area contributed by atoms with Gasteiger partial charge in [-0.1, -0.05) is 12.2 Å². The maximum absolute atomic E-state index is 11.2. The number of ketones is 1. The minimum atomic E-state index is -0.592. The lowest BCUT2D eigenvalue weighted by Gasteiger charge is -2.23. The van der Waals surface area contributed by atoms with Crippen LogP contribution in [-0.4, -0.2) is 57.8 Å². The van der Waals surface area contributed by atoms with E-state index in [0.29, 0.717) is 18.1 Å². The Kier molecular flexibility index (Phi) is 3.59. The smallest absolute Gasteiger partial charge is 0.323 e. The van der Waals surface area contributed by atoms with Crippen LogP contribution in [0.4, 0.5) is 0 Å². The molecule has 2 rings (SSSR count). The van der Waals surface area contributed by atoms with E-state index in [2.05, 4.69) is 4.79 Å². The zero-order chi connectivity index (χ0) is 13.3. The highest BCUT2D eigenvalue weighted by molar-refractivity contribution is 7.80. The number of ether oxygens (including phenoxy) is 2. The third-order valence-electron chi connectivity index (χ3n) is 2.97. The SMILES string of the molecule is CC1(C)O[C@@H]2CN(CCC(=O)C=[N+]=[N-])C(=S)[C@@H]2O1. The zero-order valence-corrected chi connectivity index (χ0v) is 11.1. The van der Waals surface area contributed by atoms with Gasteiger partial charge in [-0.3, -0.25) is 4.79 Å². The summed E-state index contributed by atoms with van der Waals surface area (Å²) < 4.78 is 11.4. The summed E-state index contributed by atoms with van der Waals surface area (Å²) in [6, 6.07) is 0. The van der Waals surface area contributed by atoms with Crippen LogP contribution in [0.2, 0.25) is 0 Å². The van der Waals surface area contributed by atoms with Gasteiger partial charge in [0.05, 0.1) is 0 Å². The van der Waals surface area contributed by atoms with E-state index in [1.165, 1.54) is 0 Å². The molecule has 6 nitrogen and oxygen atoms in total. The molecule has 0 spiro atoms. The van der Waals surface area contributed by atoms with Gasteiger partial charge < -0.3 is 19.9 Å². The Morgan fingerprint density at radius 2 is 2.39 bits per heavy atom. The highest BCUT2D eigenvalue weighted by Gasteiger charge is 2.49. The van der Waals surface area contributed by atoms with E-state index >= 15 is 0 Å². The number of fused-ring (bicyclic) bond motifs is 1. The summed E-state index contributed by atoms with van der Waals surface area (Å²) in [5, 5.41) is 0. The first kappa shape index (κ1) is 13.3. The molecule has 0 N–H and O–H groups in total. The number of carbonyl (C=O) groups excluding carboxylic acids is 1. The van der Waals surface area contributed by atoms with Crippen LogP contribution in [0.3, 0.4) is 0 Å². The van der Waals surface area contributed by atoms with Gasteiger partial charge in [0, 0.05) is 19.5 Å². The Bertz CT molecular complexity index is 431. The van der Waals surface area contributed by atoms with Crippen LogP contribution in [0.25, 0.3) is 5.53 Å². The van der Waals surface area contributed by atoms with Crippen molar-refractivity contribution in [3.63, 3.8) is 0 Å². The molecule has 2 aliphatic rings. The number of rotatable bonds is 4. The highest BCUT2D eigenvalue weighted by Crippen LogP contribution is 2.34. The average Bonchev–Trinajstić information content (AvgIpc) is 2.71. The molecule has 2 saturated heterocycles. The first-order valence-electron chi connectivity index (χ1n) is 5.77. The molecule has 0 aromatic rings. The molecule has 2 aliphatic heterocycles. The fourth-order valence-corrected chi connectivity index (χ4v) is 2.61. The second-order valence-electron chi connectivity index (χ2n) is 4.84. The number of thiocarbonyl (C=S) groups is 1. The van der Waals surface area contributed by atoms with Gasteiger partial charge in [0.1, 0.15) is 17.2 Å². The zero-order valence-electron chi connectivity index (χ0n) is 10.3. The Morgan fingerprint density at radius 1 is 1.67 bits per heavy atom.